The number of morpholine rings is 1. The molecule has 0 aliphatic carbocycles. The van der Waals surface area contributed by atoms with Gasteiger partial charge in [-0.3, -0.25) is 4.90 Å². The molecule has 1 fully saturated rings. The first-order chi connectivity index (χ1) is 20.6. The number of benzene rings is 3. The van der Waals surface area contributed by atoms with Gasteiger partial charge in [-0.2, -0.15) is 0 Å². The molecule has 11 heteroatoms. The molecule has 0 saturated carbocycles. The van der Waals surface area contributed by atoms with Gasteiger partial charge in [-0.1, -0.05) is 35.5 Å². The normalized spacial score (nSPS) is 13.9. The van der Waals surface area contributed by atoms with Crippen LogP contribution in [0.2, 0.25) is 0 Å². The molecule has 3 heterocycles. The van der Waals surface area contributed by atoms with Gasteiger partial charge in [0.05, 0.1) is 45.2 Å². The summed E-state index contributed by atoms with van der Waals surface area (Å²) in [4.78, 5) is 11.9. The fourth-order valence-corrected chi connectivity index (χ4v) is 5.61. The largest absolute Gasteiger partial charge is 0.493 e. The van der Waals surface area contributed by atoms with Crippen molar-refractivity contribution in [2.45, 2.75) is 13.0 Å². The lowest BCUT2D eigenvalue weighted by atomic mass is 10.1. The standard InChI is InChI=1S/C31H32IN7O3/c1-40-28-18-26-25(17-29(28)42-12-4-9-38-10-13-41-14-11-38)30(33)35-31(34-26)23-7-3-6-22(16-23)27-20-39(37-36-27)19-21-5-2-8-24(32)15-21/h2-3,5-8,15-18,20H,4,9-14,19H2,1H3,(H2,33,34,35). The molecule has 0 spiro atoms. The fraction of sp³-hybridized carbons (Fsp3) is 0.290. The molecule has 0 amide bonds. The van der Waals surface area contributed by atoms with E-state index in [1.165, 1.54) is 9.13 Å². The highest BCUT2D eigenvalue weighted by Crippen LogP contribution is 2.35. The highest BCUT2D eigenvalue weighted by Gasteiger charge is 2.15. The maximum Gasteiger partial charge on any atom is 0.162 e. The van der Waals surface area contributed by atoms with Gasteiger partial charge < -0.3 is 19.9 Å². The topological polar surface area (TPSA) is 113 Å². The molecule has 1 aliphatic heterocycles. The summed E-state index contributed by atoms with van der Waals surface area (Å²) >= 11 is 2.31. The molecular weight excluding hydrogens is 645 g/mol. The van der Waals surface area contributed by atoms with Crippen molar-refractivity contribution >= 4 is 39.3 Å². The van der Waals surface area contributed by atoms with Crippen LogP contribution in [0.25, 0.3) is 33.5 Å². The number of hydrogen-bond acceptors (Lipinski definition) is 9. The van der Waals surface area contributed by atoms with E-state index in [-0.39, 0.29) is 0 Å². The highest BCUT2D eigenvalue weighted by atomic mass is 127. The SMILES string of the molecule is COc1cc2nc(-c3cccc(-c4cn(Cc5cccc(I)c5)nn4)c3)nc(N)c2cc1OCCCN1CCOCC1. The van der Waals surface area contributed by atoms with E-state index in [4.69, 9.17) is 24.9 Å². The summed E-state index contributed by atoms with van der Waals surface area (Å²) in [6.07, 6.45) is 2.85. The lowest BCUT2D eigenvalue weighted by Crippen LogP contribution is -2.37. The Hall–Kier alpha value is -3.81. The number of anilines is 1. The monoisotopic (exact) mass is 677 g/mol. The minimum absolute atomic E-state index is 0.379. The molecular formula is C31H32IN7O3. The second-order valence-electron chi connectivity index (χ2n) is 10.1. The Morgan fingerprint density at radius 1 is 0.976 bits per heavy atom. The Kier molecular flexibility index (Phi) is 8.77. The van der Waals surface area contributed by atoms with Crippen LogP contribution in [-0.4, -0.2) is 76.4 Å². The zero-order valence-corrected chi connectivity index (χ0v) is 25.5. The Balaban J connectivity index is 1.19. The third kappa shape index (κ3) is 6.63. The summed E-state index contributed by atoms with van der Waals surface area (Å²) in [5, 5.41) is 9.46. The van der Waals surface area contributed by atoms with Gasteiger partial charge in [-0.15, -0.1) is 5.10 Å². The first kappa shape index (κ1) is 28.3. The van der Waals surface area contributed by atoms with Crippen LogP contribution in [0.3, 0.4) is 0 Å². The van der Waals surface area contributed by atoms with E-state index in [9.17, 15) is 0 Å². The van der Waals surface area contributed by atoms with Gasteiger partial charge in [0, 0.05) is 45.8 Å². The lowest BCUT2D eigenvalue weighted by molar-refractivity contribution is 0.0357. The molecule has 10 nitrogen and oxygen atoms in total. The number of nitrogen functional groups attached to an aromatic ring is 1. The predicted molar refractivity (Wildman–Crippen MR) is 171 cm³/mol. The number of rotatable bonds is 10. The van der Waals surface area contributed by atoms with Gasteiger partial charge in [-0.25, -0.2) is 14.6 Å². The molecule has 2 aromatic heterocycles. The van der Waals surface area contributed by atoms with Crippen molar-refractivity contribution in [1.29, 1.82) is 0 Å². The first-order valence-corrected chi connectivity index (χ1v) is 15.0. The van der Waals surface area contributed by atoms with Crippen LogP contribution < -0.4 is 15.2 Å². The van der Waals surface area contributed by atoms with Crippen LogP contribution in [0.15, 0.2) is 66.9 Å². The molecule has 6 rings (SSSR count). The van der Waals surface area contributed by atoms with Gasteiger partial charge in [0.15, 0.2) is 17.3 Å². The van der Waals surface area contributed by atoms with Gasteiger partial charge in [-0.05, 0) is 58.8 Å². The maximum atomic E-state index is 6.45. The Morgan fingerprint density at radius 3 is 2.64 bits per heavy atom. The summed E-state index contributed by atoms with van der Waals surface area (Å²) in [6, 6.07) is 20.0. The van der Waals surface area contributed by atoms with Crippen molar-refractivity contribution in [2.75, 3.05) is 52.3 Å². The number of ether oxygens (including phenoxy) is 3. The minimum atomic E-state index is 0.379. The second kappa shape index (κ2) is 13.0. The Labute approximate surface area is 257 Å². The quantitative estimate of drug-likeness (QED) is 0.163. The van der Waals surface area contributed by atoms with Crippen molar-refractivity contribution < 1.29 is 14.2 Å². The van der Waals surface area contributed by atoms with Gasteiger partial charge in [0.1, 0.15) is 11.5 Å². The number of aromatic nitrogens is 5. The molecule has 216 valence electrons. The lowest BCUT2D eigenvalue weighted by Gasteiger charge is -2.26. The van der Waals surface area contributed by atoms with E-state index >= 15 is 0 Å². The molecule has 5 aromatic rings. The van der Waals surface area contributed by atoms with Gasteiger partial charge >= 0.3 is 0 Å². The Morgan fingerprint density at radius 2 is 1.81 bits per heavy atom. The highest BCUT2D eigenvalue weighted by molar-refractivity contribution is 14.1. The molecule has 3 aromatic carbocycles. The van der Waals surface area contributed by atoms with E-state index in [0.29, 0.717) is 41.8 Å². The van der Waals surface area contributed by atoms with Crippen molar-refractivity contribution in [3.63, 3.8) is 0 Å². The Bertz CT molecular complexity index is 1690. The molecule has 0 radical (unpaired) electrons. The van der Waals surface area contributed by atoms with E-state index in [1.54, 1.807) is 7.11 Å². The number of hydrogen-bond donors (Lipinski definition) is 1. The van der Waals surface area contributed by atoms with E-state index in [1.807, 2.05) is 53.3 Å². The number of nitrogens with two attached hydrogens (primary N) is 1. The third-order valence-electron chi connectivity index (χ3n) is 7.18. The van der Waals surface area contributed by atoms with Crippen LogP contribution in [0.1, 0.15) is 12.0 Å². The molecule has 2 N–H and O–H groups in total. The van der Waals surface area contributed by atoms with E-state index in [2.05, 4.69) is 61.0 Å². The third-order valence-corrected chi connectivity index (χ3v) is 7.85. The minimum Gasteiger partial charge on any atom is -0.493 e. The number of methoxy groups -OCH3 is 1. The van der Waals surface area contributed by atoms with Gasteiger partial charge in [0.25, 0.3) is 0 Å². The zero-order valence-electron chi connectivity index (χ0n) is 23.4. The summed E-state index contributed by atoms with van der Waals surface area (Å²) in [5.74, 6) is 2.14. The molecule has 0 bridgehead atoms. The summed E-state index contributed by atoms with van der Waals surface area (Å²) in [5.41, 5.74) is 10.8. The molecule has 1 aliphatic rings. The van der Waals surface area contributed by atoms with E-state index < -0.39 is 0 Å². The average Bonchev–Trinajstić information content (AvgIpc) is 3.48. The maximum absolute atomic E-state index is 6.45. The zero-order chi connectivity index (χ0) is 28.9. The predicted octanol–water partition coefficient (Wildman–Crippen LogP) is 4.90. The summed E-state index contributed by atoms with van der Waals surface area (Å²) in [7, 11) is 1.63. The average molecular weight is 678 g/mol. The molecule has 1 saturated heterocycles. The van der Waals surface area contributed by atoms with Crippen molar-refractivity contribution in [3.05, 3.63) is 76.0 Å². The summed E-state index contributed by atoms with van der Waals surface area (Å²) < 4.78 is 20.2. The van der Waals surface area contributed by atoms with Gasteiger partial charge in [0.2, 0.25) is 0 Å². The second-order valence-corrected chi connectivity index (χ2v) is 11.4. The van der Waals surface area contributed by atoms with Crippen molar-refractivity contribution in [2.24, 2.45) is 0 Å². The van der Waals surface area contributed by atoms with Crippen LogP contribution in [0.5, 0.6) is 11.5 Å². The summed E-state index contributed by atoms with van der Waals surface area (Å²) in [6.45, 7) is 5.70. The van der Waals surface area contributed by atoms with Crippen LogP contribution in [0, 0.1) is 3.57 Å². The molecule has 0 atom stereocenters. The molecule has 42 heavy (non-hydrogen) atoms. The van der Waals surface area contributed by atoms with E-state index in [0.717, 1.165) is 61.5 Å². The first-order valence-electron chi connectivity index (χ1n) is 13.9. The van der Waals surface area contributed by atoms with Crippen LogP contribution in [-0.2, 0) is 11.3 Å². The van der Waals surface area contributed by atoms with Crippen LogP contribution >= 0.6 is 22.6 Å². The fourth-order valence-electron chi connectivity index (χ4n) is 5.00. The number of halogens is 1. The van der Waals surface area contributed by atoms with Crippen molar-refractivity contribution in [1.82, 2.24) is 29.9 Å². The number of fused-ring (bicyclic) bond motifs is 1. The van der Waals surface area contributed by atoms with Crippen LogP contribution in [0.4, 0.5) is 5.82 Å². The van der Waals surface area contributed by atoms with Crippen molar-refractivity contribution in [3.8, 4) is 34.1 Å². The molecule has 0 unspecified atom stereocenters. The number of nitrogens with zero attached hydrogens (tertiary/aromatic N) is 6. The smallest absolute Gasteiger partial charge is 0.162 e.